The Morgan fingerprint density at radius 2 is 1.85 bits per heavy atom. The van der Waals surface area contributed by atoms with Gasteiger partial charge in [-0.2, -0.15) is 5.26 Å². The van der Waals surface area contributed by atoms with Crippen LogP contribution in [0, 0.1) is 28.6 Å². The Morgan fingerprint density at radius 1 is 1.15 bits per heavy atom. The van der Waals surface area contributed by atoms with E-state index in [1.807, 2.05) is 50.2 Å². The van der Waals surface area contributed by atoms with Gasteiger partial charge < -0.3 is 14.3 Å². The Balaban J connectivity index is 1.73. The number of carbonyl (C=O) groups excluding carboxylic acids is 2. The number of hydrogen-bond acceptors (Lipinski definition) is 5. The van der Waals surface area contributed by atoms with E-state index in [1.54, 1.807) is 24.3 Å². The van der Waals surface area contributed by atoms with Crippen molar-refractivity contribution in [2.75, 3.05) is 0 Å². The van der Waals surface area contributed by atoms with E-state index >= 15 is 0 Å². The van der Waals surface area contributed by atoms with Crippen LogP contribution < -0.4 is 4.74 Å². The molecule has 0 bridgehead atoms. The fourth-order valence-electron chi connectivity index (χ4n) is 3.11. The van der Waals surface area contributed by atoms with Gasteiger partial charge in [0.2, 0.25) is 6.10 Å². The van der Waals surface area contributed by atoms with Crippen molar-refractivity contribution in [3.63, 3.8) is 0 Å². The number of rotatable bonds is 6. The van der Waals surface area contributed by atoms with Crippen molar-refractivity contribution >= 4 is 12.3 Å². The van der Waals surface area contributed by atoms with Crippen LogP contribution in [0.15, 0.2) is 54.6 Å². The number of hydrogen-bond donors (Lipinski definition) is 0. The van der Waals surface area contributed by atoms with Crippen molar-refractivity contribution in [1.82, 2.24) is 0 Å². The highest BCUT2D eigenvalue weighted by Crippen LogP contribution is 2.57. The summed E-state index contributed by atoms with van der Waals surface area (Å²) in [6.45, 7) is 3.68. The molecule has 2 aromatic rings. The van der Waals surface area contributed by atoms with Gasteiger partial charge in [0.05, 0.1) is 5.92 Å². The van der Waals surface area contributed by atoms with Crippen LogP contribution in [-0.4, -0.2) is 12.3 Å². The first-order valence-electron chi connectivity index (χ1n) is 8.35. The van der Waals surface area contributed by atoms with Gasteiger partial charge in [0, 0.05) is 11.5 Å². The van der Waals surface area contributed by atoms with Crippen LogP contribution in [0.5, 0.6) is 11.5 Å². The number of benzene rings is 2. The van der Waals surface area contributed by atoms with Crippen LogP contribution in [0.25, 0.3) is 0 Å². The molecule has 2 aromatic carbocycles. The fraction of sp³-hybridized carbons (Fsp3) is 0.286. The number of carbonyl (C=O) groups is 2. The first-order valence-corrected chi connectivity index (χ1v) is 8.35. The number of aldehydes is 1. The van der Waals surface area contributed by atoms with E-state index in [0.717, 1.165) is 6.29 Å². The monoisotopic (exact) mass is 349 g/mol. The number of esters is 1. The standard InChI is InChI=1S/C21H19NO4/c1-21(2)17(13-23)19(21)20(24)26-18(12-22)14-7-6-10-16(11-14)25-15-8-4-3-5-9-15/h3-11,13,17-19H,1-2H3/t17-,18?,19?/m1/s1. The average molecular weight is 349 g/mol. The molecule has 0 saturated heterocycles. The Morgan fingerprint density at radius 3 is 2.46 bits per heavy atom. The highest BCUT2D eigenvalue weighted by Gasteiger charge is 2.63. The smallest absolute Gasteiger partial charge is 0.311 e. The predicted molar refractivity (Wildman–Crippen MR) is 94.2 cm³/mol. The highest BCUT2D eigenvalue weighted by molar-refractivity contribution is 5.84. The second-order valence-electron chi connectivity index (χ2n) is 6.89. The van der Waals surface area contributed by atoms with E-state index in [-0.39, 0.29) is 5.92 Å². The molecule has 132 valence electrons. The van der Waals surface area contributed by atoms with Gasteiger partial charge in [-0.05, 0) is 29.7 Å². The van der Waals surface area contributed by atoms with Crippen LogP contribution in [0.2, 0.25) is 0 Å². The molecule has 0 aliphatic heterocycles. The lowest BCUT2D eigenvalue weighted by Crippen LogP contribution is -2.14. The maximum absolute atomic E-state index is 12.3. The predicted octanol–water partition coefficient (Wildman–Crippen LogP) is 4.06. The molecular formula is C21H19NO4. The highest BCUT2D eigenvalue weighted by atomic mass is 16.5. The lowest BCUT2D eigenvalue weighted by atomic mass is 10.1. The van der Waals surface area contributed by atoms with Gasteiger partial charge in [-0.15, -0.1) is 0 Å². The van der Waals surface area contributed by atoms with Crippen LogP contribution in [0.1, 0.15) is 25.5 Å². The summed E-state index contributed by atoms with van der Waals surface area (Å²) in [5.74, 6) is -0.166. The van der Waals surface area contributed by atoms with Gasteiger partial charge in [-0.3, -0.25) is 4.79 Å². The molecule has 3 rings (SSSR count). The van der Waals surface area contributed by atoms with Crippen molar-refractivity contribution in [3.05, 3.63) is 60.2 Å². The first-order chi connectivity index (χ1) is 12.5. The molecule has 0 aromatic heterocycles. The van der Waals surface area contributed by atoms with E-state index in [4.69, 9.17) is 9.47 Å². The Bertz CT molecular complexity index is 854. The minimum Gasteiger partial charge on any atom is -0.457 e. The zero-order chi connectivity index (χ0) is 18.7. The summed E-state index contributed by atoms with van der Waals surface area (Å²) in [6, 6.07) is 18.1. The van der Waals surface area contributed by atoms with Gasteiger partial charge in [-0.25, -0.2) is 0 Å². The number of nitriles is 1. The van der Waals surface area contributed by atoms with Crippen LogP contribution in [0.3, 0.4) is 0 Å². The summed E-state index contributed by atoms with van der Waals surface area (Å²) >= 11 is 0. The summed E-state index contributed by atoms with van der Waals surface area (Å²) in [7, 11) is 0. The van der Waals surface area contributed by atoms with Gasteiger partial charge in [0.25, 0.3) is 0 Å². The zero-order valence-corrected chi connectivity index (χ0v) is 14.6. The third-order valence-corrected chi connectivity index (χ3v) is 4.80. The van der Waals surface area contributed by atoms with E-state index in [1.165, 1.54) is 0 Å². The van der Waals surface area contributed by atoms with Crippen molar-refractivity contribution in [3.8, 4) is 17.6 Å². The summed E-state index contributed by atoms with van der Waals surface area (Å²) in [5.41, 5.74) is 0.104. The van der Waals surface area contributed by atoms with Crippen molar-refractivity contribution < 1.29 is 19.1 Å². The van der Waals surface area contributed by atoms with Crippen molar-refractivity contribution in [1.29, 1.82) is 5.26 Å². The number of ether oxygens (including phenoxy) is 2. The third kappa shape index (κ3) is 3.45. The zero-order valence-electron chi connectivity index (χ0n) is 14.6. The molecule has 0 heterocycles. The molecule has 1 aliphatic carbocycles. The minimum atomic E-state index is -1.05. The maximum atomic E-state index is 12.3. The maximum Gasteiger partial charge on any atom is 0.311 e. The summed E-state index contributed by atoms with van der Waals surface area (Å²) in [5, 5.41) is 9.43. The average Bonchev–Trinajstić information content (AvgIpc) is 3.21. The molecule has 5 heteroatoms. The number of nitrogens with zero attached hydrogens (tertiary/aromatic N) is 1. The van der Waals surface area contributed by atoms with Crippen LogP contribution in [0.4, 0.5) is 0 Å². The van der Waals surface area contributed by atoms with Gasteiger partial charge in [-0.1, -0.05) is 44.2 Å². The SMILES string of the molecule is CC1(C)C(C(=O)OC(C#N)c2cccc(Oc3ccccc3)c2)[C@H]1C=O. The molecule has 3 atom stereocenters. The van der Waals surface area contributed by atoms with Gasteiger partial charge >= 0.3 is 5.97 Å². The second-order valence-corrected chi connectivity index (χ2v) is 6.89. The van der Waals surface area contributed by atoms with E-state index in [9.17, 15) is 14.9 Å². The molecule has 0 N–H and O–H groups in total. The van der Waals surface area contributed by atoms with Gasteiger partial charge in [0.1, 0.15) is 23.9 Å². The van der Waals surface area contributed by atoms with Crippen molar-refractivity contribution in [2.45, 2.75) is 20.0 Å². The summed E-state index contributed by atoms with van der Waals surface area (Å²) in [4.78, 5) is 23.4. The Kier molecular flexibility index (Phi) is 4.77. The van der Waals surface area contributed by atoms with E-state index in [2.05, 4.69) is 0 Å². The quantitative estimate of drug-likeness (QED) is 0.581. The molecule has 2 unspecified atom stereocenters. The molecule has 1 saturated carbocycles. The molecule has 0 amide bonds. The fourth-order valence-corrected chi connectivity index (χ4v) is 3.11. The number of para-hydroxylation sites is 1. The second kappa shape index (κ2) is 7.01. The minimum absolute atomic E-state index is 0.359. The molecule has 0 spiro atoms. The van der Waals surface area contributed by atoms with E-state index < -0.39 is 23.4 Å². The molecule has 26 heavy (non-hydrogen) atoms. The molecule has 1 aliphatic rings. The molecule has 1 fully saturated rings. The summed E-state index contributed by atoms with van der Waals surface area (Å²) in [6.07, 6.45) is -0.271. The largest absolute Gasteiger partial charge is 0.457 e. The Hall–Kier alpha value is -3.13. The van der Waals surface area contributed by atoms with E-state index in [0.29, 0.717) is 17.1 Å². The Labute approximate surface area is 152 Å². The molecular weight excluding hydrogens is 330 g/mol. The van der Waals surface area contributed by atoms with Gasteiger partial charge in [0.15, 0.2) is 0 Å². The van der Waals surface area contributed by atoms with Crippen LogP contribution >= 0.6 is 0 Å². The lowest BCUT2D eigenvalue weighted by Gasteiger charge is -2.13. The molecule has 5 nitrogen and oxygen atoms in total. The first kappa shape index (κ1) is 17.7. The third-order valence-electron chi connectivity index (χ3n) is 4.80. The normalized spacial score (nSPS) is 21.1. The summed E-state index contributed by atoms with van der Waals surface area (Å²) < 4.78 is 11.1. The lowest BCUT2D eigenvalue weighted by molar-refractivity contribution is -0.149. The van der Waals surface area contributed by atoms with Crippen LogP contribution in [-0.2, 0) is 14.3 Å². The van der Waals surface area contributed by atoms with Crippen molar-refractivity contribution in [2.24, 2.45) is 17.3 Å². The topological polar surface area (TPSA) is 76.4 Å². The molecule has 0 radical (unpaired) electrons.